The minimum atomic E-state index is -1.04. The Labute approximate surface area is 99.0 Å². The number of rotatable bonds is 3. The van der Waals surface area contributed by atoms with Crippen LogP contribution in [0.25, 0.3) is 0 Å². The molecule has 0 aliphatic carbocycles. The van der Waals surface area contributed by atoms with E-state index in [1.165, 1.54) is 0 Å². The molecule has 3 N–H and O–H groups in total. The highest BCUT2D eigenvalue weighted by Crippen LogP contribution is 2.18. The van der Waals surface area contributed by atoms with Gasteiger partial charge in [0.05, 0.1) is 13.2 Å². The van der Waals surface area contributed by atoms with Gasteiger partial charge in [0, 0.05) is 19.3 Å². The number of pyridine rings is 1. The SMILES string of the molecule is NC(C(=O)O)c1ccnc(N2CCOCC2)c1. The highest BCUT2D eigenvalue weighted by Gasteiger charge is 2.17. The maximum Gasteiger partial charge on any atom is 0.325 e. The molecule has 2 heterocycles. The number of nitrogens with two attached hydrogens (primary N) is 1. The molecular formula is C11H15N3O3. The standard InChI is InChI=1S/C11H15N3O3/c12-10(11(15)16)8-1-2-13-9(7-8)14-3-5-17-6-4-14/h1-2,7,10H,3-6,12H2,(H,15,16). The lowest BCUT2D eigenvalue weighted by Crippen LogP contribution is -2.36. The first-order chi connectivity index (χ1) is 8.18. The van der Waals surface area contributed by atoms with E-state index in [0.717, 1.165) is 18.9 Å². The predicted octanol–water partition coefficient (Wildman–Crippen LogP) is 0.00260. The molecule has 1 unspecified atom stereocenters. The van der Waals surface area contributed by atoms with Crippen LogP contribution < -0.4 is 10.6 Å². The number of carboxylic acids is 1. The van der Waals surface area contributed by atoms with Crippen molar-refractivity contribution in [3.8, 4) is 0 Å². The van der Waals surface area contributed by atoms with Crippen LogP contribution in [0.3, 0.4) is 0 Å². The zero-order chi connectivity index (χ0) is 12.3. The highest BCUT2D eigenvalue weighted by molar-refractivity contribution is 5.75. The van der Waals surface area contributed by atoms with E-state index in [4.69, 9.17) is 15.6 Å². The lowest BCUT2D eigenvalue weighted by atomic mass is 10.1. The molecule has 0 saturated carbocycles. The quantitative estimate of drug-likeness (QED) is 0.769. The Balaban J connectivity index is 2.18. The second-order valence-electron chi connectivity index (χ2n) is 3.86. The molecule has 1 fully saturated rings. The van der Waals surface area contributed by atoms with Gasteiger partial charge in [-0.1, -0.05) is 0 Å². The van der Waals surface area contributed by atoms with Gasteiger partial charge in [0.25, 0.3) is 0 Å². The molecule has 0 bridgehead atoms. The van der Waals surface area contributed by atoms with Crippen molar-refractivity contribution >= 4 is 11.8 Å². The summed E-state index contributed by atoms with van der Waals surface area (Å²) >= 11 is 0. The van der Waals surface area contributed by atoms with Crippen LogP contribution >= 0.6 is 0 Å². The largest absolute Gasteiger partial charge is 0.480 e. The van der Waals surface area contributed by atoms with E-state index in [1.54, 1.807) is 18.3 Å². The summed E-state index contributed by atoms with van der Waals surface area (Å²) in [6, 6.07) is 2.35. The van der Waals surface area contributed by atoms with Crippen LogP contribution in [-0.4, -0.2) is 42.4 Å². The Bertz CT molecular complexity index is 405. The van der Waals surface area contributed by atoms with Gasteiger partial charge < -0.3 is 20.5 Å². The summed E-state index contributed by atoms with van der Waals surface area (Å²) in [6.07, 6.45) is 1.59. The van der Waals surface area contributed by atoms with Gasteiger partial charge in [0.15, 0.2) is 0 Å². The number of aliphatic carboxylic acids is 1. The molecule has 92 valence electrons. The number of hydrogen-bond donors (Lipinski definition) is 2. The molecule has 0 radical (unpaired) electrons. The summed E-state index contributed by atoms with van der Waals surface area (Å²) in [6.45, 7) is 2.85. The fourth-order valence-electron chi connectivity index (χ4n) is 1.74. The van der Waals surface area contributed by atoms with Gasteiger partial charge in [-0.05, 0) is 17.7 Å². The van der Waals surface area contributed by atoms with Gasteiger partial charge in [0.2, 0.25) is 0 Å². The van der Waals surface area contributed by atoms with Crippen molar-refractivity contribution in [3.63, 3.8) is 0 Å². The average molecular weight is 237 g/mol. The van der Waals surface area contributed by atoms with Crippen molar-refractivity contribution in [2.45, 2.75) is 6.04 Å². The van der Waals surface area contributed by atoms with Crippen molar-refractivity contribution in [1.29, 1.82) is 0 Å². The zero-order valence-corrected chi connectivity index (χ0v) is 9.37. The Morgan fingerprint density at radius 1 is 1.53 bits per heavy atom. The third kappa shape index (κ3) is 2.72. The molecule has 1 aliphatic heterocycles. The topological polar surface area (TPSA) is 88.7 Å². The van der Waals surface area contributed by atoms with Crippen molar-refractivity contribution in [2.75, 3.05) is 31.2 Å². The number of morpholine rings is 1. The number of carboxylic acid groups (broad SMARTS) is 1. The van der Waals surface area contributed by atoms with Gasteiger partial charge >= 0.3 is 5.97 Å². The normalized spacial score (nSPS) is 17.8. The Morgan fingerprint density at radius 3 is 2.88 bits per heavy atom. The minimum Gasteiger partial charge on any atom is -0.480 e. The molecule has 2 rings (SSSR count). The van der Waals surface area contributed by atoms with E-state index in [1.807, 2.05) is 0 Å². The van der Waals surface area contributed by atoms with Gasteiger partial charge in [-0.15, -0.1) is 0 Å². The first-order valence-corrected chi connectivity index (χ1v) is 5.45. The van der Waals surface area contributed by atoms with Gasteiger partial charge in [-0.3, -0.25) is 4.79 Å². The van der Waals surface area contributed by atoms with Crippen LogP contribution in [0, 0.1) is 0 Å². The van der Waals surface area contributed by atoms with Crippen LogP contribution in [0.4, 0.5) is 5.82 Å². The molecule has 6 heteroatoms. The van der Waals surface area contributed by atoms with Gasteiger partial charge in [0.1, 0.15) is 11.9 Å². The predicted molar refractivity (Wildman–Crippen MR) is 61.8 cm³/mol. The first kappa shape index (κ1) is 11.8. The fraction of sp³-hybridized carbons (Fsp3) is 0.455. The highest BCUT2D eigenvalue weighted by atomic mass is 16.5. The van der Waals surface area contributed by atoms with Crippen LogP contribution in [0.15, 0.2) is 18.3 Å². The number of carbonyl (C=O) groups is 1. The number of ether oxygens (including phenoxy) is 1. The number of anilines is 1. The van der Waals surface area contributed by atoms with Crippen LogP contribution in [0.1, 0.15) is 11.6 Å². The molecule has 1 atom stereocenters. The van der Waals surface area contributed by atoms with Crippen LogP contribution in [0.2, 0.25) is 0 Å². The molecule has 1 aliphatic rings. The smallest absolute Gasteiger partial charge is 0.325 e. The molecule has 1 aromatic heterocycles. The maximum atomic E-state index is 10.8. The second-order valence-corrected chi connectivity index (χ2v) is 3.86. The van der Waals surface area contributed by atoms with Crippen molar-refractivity contribution < 1.29 is 14.6 Å². The fourth-order valence-corrected chi connectivity index (χ4v) is 1.74. The summed E-state index contributed by atoms with van der Waals surface area (Å²) in [4.78, 5) is 17.1. The number of aromatic nitrogens is 1. The lowest BCUT2D eigenvalue weighted by molar-refractivity contribution is -0.138. The van der Waals surface area contributed by atoms with Gasteiger partial charge in [-0.25, -0.2) is 4.98 Å². The Kier molecular flexibility index (Phi) is 3.55. The molecule has 6 nitrogen and oxygen atoms in total. The molecule has 1 saturated heterocycles. The van der Waals surface area contributed by atoms with Crippen molar-refractivity contribution in [3.05, 3.63) is 23.9 Å². The first-order valence-electron chi connectivity index (χ1n) is 5.45. The van der Waals surface area contributed by atoms with E-state index >= 15 is 0 Å². The molecule has 1 aromatic rings. The number of hydrogen-bond acceptors (Lipinski definition) is 5. The van der Waals surface area contributed by atoms with E-state index in [0.29, 0.717) is 18.8 Å². The summed E-state index contributed by atoms with van der Waals surface area (Å²) in [7, 11) is 0. The van der Waals surface area contributed by atoms with E-state index < -0.39 is 12.0 Å². The zero-order valence-electron chi connectivity index (χ0n) is 9.37. The molecule has 17 heavy (non-hydrogen) atoms. The molecule has 0 spiro atoms. The Hall–Kier alpha value is -1.66. The van der Waals surface area contributed by atoms with Crippen LogP contribution in [-0.2, 0) is 9.53 Å². The Morgan fingerprint density at radius 2 is 2.24 bits per heavy atom. The van der Waals surface area contributed by atoms with Crippen molar-refractivity contribution in [2.24, 2.45) is 5.73 Å². The molecule has 0 aromatic carbocycles. The van der Waals surface area contributed by atoms with Gasteiger partial charge in [-0.2, -0.15) is 0 Å². The maximum absolute atomic E-state index is 10.8. The summed E-state index contributed by atoms with van der Waals surface area (Å²) in [5.74, 6) is -0.286. The molecular weight excluding hydrogens is 222 g/mol. The average Bonchev–Trinajstić information content (AvgIpc) is 2.39. The minimum absolute atomic E-state index is 0.564. The van der Waals surface area contributed by atoms with Crippen molar-refractivity contribution in [1.82, 2.24) is 4.98 Å². The summed E-state index contributed by atoms with van der Waals surface area (Å²) in [5.41, 5.74) is 6.13. The van der Waals surface area contributed by atoms with Crippen LogP contribution in [0.5, 0.6) is 0 Å². The third-order valence-corrected chi connectivity index (χ3v) is 2.73. The van der Waals surface area contributed by atoms with E-state index in [2.05, 4.69) is 9.88 Å². The second kappa shape index (κ2) is 5.11. The van der Waals surface area contributed by atoms with E-state index in [-0.39, 0.29) is 0 Å². The lowest BCUT2D eigenvalue weighted by Gasteiger charge is -2.28. The van der Waals surface area contributed by atoms with E-state index in [9.17, 15) is 4.79 Å². The number of nitrogens with zero attached hydrogens (tertiary/aromatic N) is 2. The summed E-state index contributed by atoms with van der Waals surface area (Å²) < 4.78 is 5.25. The monoisotopic (exact) mass is 237 g/mol. The molecule has 0 amide bonds. The third-order valence-electron chi connectivity index (χ3n) is 2.73. The summed E-state index contributed by atoms with van der Waals surface area (Å²) in [5, 5.41) is 8.86.